The maximum absolute atomic E-state index is 13.0. The van der Waals surface area contributed by atoms with Gasteiger partial charge in [0.25, 0.3) is 0 Å². The van der Waals surface area contributed by atoms with Crippen molar-refractivity contribution in [3.8, 4) is 5.75 Å². The summed E-state index contributed by atoms with van der Waals surface area (Å²) in [5, 5.41) is 1.12. The van der Waals surface area contributed by atoms with Gasteiger partial charge in [-0.15, -0.1) is 0 Å². The van der Waals surface area contributed by atoms with Gasteiger partial charge in [-0.25, -0.2) is 8.42 Å². The minimum Gasteiger partial charge on any atom is -0.437 e. The summed E-state index contributed by atoms with van der Waals surface area (Å²) in [6.45, 7) is 0. The molecule has 154 valence electrons. The molecule has 0 atom stereocenters. The second-order valence-electron chi connectivity index (χ2n) is 6.09. The number of carbonyl (C=O) groups excluding carboxylic acids is 1. The van der Waals surface area contributed by atoms with E-state index in [1.165, 1.54) is 12.1 Å². The summed E-state index contributed by atoms with van der Waals surface area (Å²) in [6, 6.07) is 9.52. The lowest BCUT2D eigenvalue weighted by atomic mass is 10.1. The second-order valence-corrected chi connectivity index (χ2v) is 10.9. The lowest BCUT2D eigenvalue weighted by Gasteiger charge is -2.35. The summed E-state index contributed by atoms with van der Waals surface area (Å²) < 4.78 is 76.7. The Morgan fingerprint density at radius 2 is 1.79 bits per heavy atom. The topological polar surface area (TPSA) is 78.9 Å². The van der Waals surface area contributed by atoms with Crippen LogP contribution in [0, 0.1) is 0 Å². The van der Waals surface area contributed by atoms with Crippen molar-refractivity contribution in [2.24, 2.45) is 0 Å². The van der Waals surface area contributed by atoms with Gasteiger partial charge in [-0.3, -0.25) is 0 Å². The van der Waals surface area contributed by atoms with Gasteiger partial charge in [-0.1, -0.05) is 28.5 Å². The minimum absolute atomic E-state index is 0.123. The van der Waals surface area contributed by atoms with Crippen molar-refractivity contribution in [2.75, 3.05) is 18.6 Å². The molecule has 0 radical (unpaired) electrons. The number of carbonyl (C=O) groups is 1. The van der Waals surface area contributed by atoms with Crippen LogP contribution in [0.1, 0.15) is 12.8 Å². The number of fused-ring (bicyclic) bond motifs is 1. The van der Waals surface area contributed by atoms with Gasteiger partial charge in [0.1, 0.15) is 5.75 Å². The molecule has 2 aromatic rings. The summed E-state index contributed by atoms with van der Waals surface area (Å²) in [4.78, 5) is 11.7. The van der Waals surface area contributed by atoms with E-state index >= 15 is 0 Å². The van der Waals surface area contributed by atoms with E-state index in [2.05, 4.69) is 4.74 Å². The maximum Gasteiger partial charge on any atom is 0.523 e. The molecule has 1 heterocycles. The lowest BCUT2D eigenvalue weighted by molar-refractivity contribution is -0.0496. The standard InChI is InChI=1S/C17H17F3O6S2/c1-24-16(21)25-13-8-7-12-5-4-6-15(14(12)11-13)27(9-2-3-10-27)26-28(22,23)17(18,19)20/h4-8,11H,2-3,9-10H2,1H3. The fraction of sp³-hybridized carbons (Fsp3) is 0.353. The third kappa shape index (κ3) is 3.91. The molecular formula is C17H17F3O6S2. The highest BCUT2D eigenvalue weighted by Gasteiger charge is 2.52. The Morgan fingerprint density at radius 1 is 1.11 bits per heavy atom. The molecule has 1 aliphatic rings. The van der Waals surface area contributed by atoms with E-state index in [1.807, 2.05) is 0 Å². The summed E-state index contributed by atoms with van der Waals surface area (Å²) in [5.74, 6) is 0.519. The number of hydrogen-bond donors (Lipinski definition) is 0. The molecular weight excluding hydrogens is 421 g/mol. The number of halogens is 3. The van der Waals surface area contributed by atoms with Crippen LogP contribution in [-0.4, -0.2) is 38.7 Å². The molecule has 0 bridgehead atoms. The van der Waals surface area contributed by atoms with Crippen molar-refractivity contribution in [2.45, 2.75) is 23.2 Å². The average Bonchev–Trinajstić information content (AvgIpc) is 3.08. The Morgan fingerprint density at radius 3 is 2.39 bits per heavy atom. The lowest BCUT2D eigenvalue weighted by Crippen LogP contribution is -2.27. The van der Waals surface area contributed by atoms with Gasteiger partial charge in [-0.2, -0.15) is 21.6 Å². The molecule has 1 aliphatic heterocycles. The summed E-state index contributed by atoms with van der Waals surface area (Å²) in [5.41, 5.74) is -5.50. The van der Waals surface area contributed by atoms with Crippen LogP contribution < -0.4 is 4.74 Å². The van der Waals surface area contributed by atoms with Gasteiger partial charge in [0.05, 0.1) is 7.11 Å². The zero-order chi connectivity index (χ0) is 20.6. The first-order valence-corrected chi connectivity index (χ1v) is 11.5. The van der Waals surface area contributed by atoms with E-state index in [1.54, 1.807) is 24.3 Å². The van der Waals surface area contributed by atoms with Crippen molar-refractivity contribution >= 4 is 37.4 Å². The highest BCUT2D eigenvalue weighted by molar-refractivity contribution is 8.33. The normalized spacial score (nSPS) is 18.0. The van der Waals surface area contributed by atoms with Gasteiger partial charge in [0.2, 0.25) is 0 Å². The molecule has 0 amide bonds. The smallest absolute Gasteiger partial charge is 0.437 e. The van der Waals surface area contributed by atoms with Crippen molar-refractivity contribution < 1.29 is 39.5 Å². The third-order valence-electron chi connectivity index (χ3n) is 4.28. The van der Waals surface area contributed by atoms with E-state index < -0.39 is 32.1 Å². The van der Waals surface area contributed by atoms with Crippen molar-refractivity contribution in [1.82, 2.24) is 0 Å². The number of methoxy groups -OCH3 is 1. The Labute approximate surface area is 161 Å². The summed E-state index contributed by atoms with van der Waals surface area (Å²) >= 11 is 0. The first kappa shape index (κ1) is 20.7. The van der Waals surface area contributed by atoms with Crippen LogP contribution in [0.15, 0.2) is 41.3 Å². The van der Waals surface area contributed by atoms with Crippen molar-refractivity contribution in [3.63, 3.8) is 0 Å². The first-order valence-electron chi connectivity index (χ1n) is 8.18. The van der Waals surface area contributed by atoms with Crippen LogP contribution in [0.5, 0.6) is 5.75 Å². The molecule has 1 fully saturated rings. The molecule has 0 spiro atoms. The van der Waals surface area contributed by atoms with Crippen LogP contribution in [0.2, 0.25) is 0 Å². The molecule has 3 rings (SSSR count). The number of hydrogen-bond acceptors (Lipinski definition) is 6. The van der Waals surface area contributed by atoms with Crippen LogP contribution >= 0.6 is 10.3 Å². The fourth-order valence-electron chi connectivity index (χ4n) is 3.06. The maximum atomic E-state index is 13.0. The number of benzene rings is 2. The molecule has 0 aliphatic carbocycles. The minimum atomic E-state index is -5.76. The number of alkyl halides is 3. The molecule has 1 saturated heterocycles. The van der Waals surface area contributed by atoms with Gasteiger partial charge in [0, 0.05) is 16.4 Å². The van der Waals surface area contributed by atoms with Crippen LogP contribution in [-0.2, 0) is 18.5 Å². The molecule has 0 saturated carbocycles. The highest BCUT2D eigenvalue weighted by Crippen LogP contribution is 2.65. The van der Waals surface area contributed by atoms with Crippen molar-refractivity contribution in [3.05, 3.63) is 36.4 Å². The van der Waals surface area contributed by atoms with Crippen LogP contribution in [0.4, 0.5) is 18.0 Å². The largest absolute Gasteiger partial charge is 0.523 e. The fourth-order valence-corrected chi connectivity index (χ4v) is 8.46. The average molecular weight is 438 g/mol. The highest BCUT2D eigenvalue weighted by atomic mass is 32.3. The third-order valence-corrected chi connectivity index (χ3v) is 9.66. The van der Waals surface area contributed by atoms with Gasteiger partial charge in [-0.05, 0) is 41.8 Å². The molecule has 6 nitrogen and oxygen atoms in total. The van der Waals surface area contributed by atoms with Crippen molar-refractivity contribution in [1.29, 1.82) is 0 Å². The molecule has 2 aromatic carbocycles. The van der Waals surface area contributed by atoms with E-state index in [4.69, 9.17) is 8.37 Å². The number of rotatable bonds is 4. The van der Waals surface area contributed by atoms with Crippen LogP contribution in [0.3, 0.4) is 0 Å². The summed E-state index contributed by atoms with van der Waals surface area (Å²) in [6.07, 6.45) is 0.158. The van der Waals surface area contributed by atoms with Crippen LogP contribution in [0.25, 0.3) is 10.8 Å². The molecule has 0 N–H and O–H groups in total. The first-order chi connectivity index (χ1) is 13.1. The molecule has 28 heavy (non-hydrogen) atoms. The molecule has 11 heteroatoms. The SMILES string of the molecule is COC(=O)Oc1ccc2cccc(S3(OS(=O)(=O)C(F)(F)F)CCCC3)c2c1. The van der Waals surface area contributed by atoms with Gasteiger partial charge in [0.15, 0.2) is 0 Å². The Bertz CT molecular complexity index is 998. The second kappa shape index (κ2) is 7.45. The zero-order valence-corrected chi connectivity index (χ0v) is 16.3. The van der Waals surface area contributed by atoms with E-state index in [0.29, 0.717) is 28.5 Å². The Balaban J connectivity index is 2.13. The van der Waals surface area contributed by atoms with E-state index in [-0.39, 0.29) is 17.3 Å². The predicted molar refractivity (Wildman–Crippen MR) is 97.9 cm³/mol. The predicted octanol–water partition coefficient (Wildman–Crippen LogP) is 4.72. The zero-order valence-electron chi connectivity index (χ0n) is 14.7. The van der Waals surface area contributed by atoms with Gasteiger partial charge >= 0.3 is 21.8 Å². The molecule has 0 unspecified atom stereocenters. The number of ether oxygens (including phenoxy) is 2. The Hall–Kier alpha value is -1.98. The Kier molecular flexibility index (Phi) is 5.52. The quantitative estimate of drug-likeness (QED) is 0.390. The summed E-state index contributed by atoms with van der Waals surface area (Å²) in [7, 11) is -7.35. The van der Waals surface area contributed by atoms with E-state index in [9.17, 15) is 26.4 Å². The molecule has 0 aromatic heterocycles. The van der Waals surface area contributed by atoms with Gasteiger partial charge < -0.3 is 9.47 Å². The van der Waals surface area contributed by atoms with E-state index in [0.717, 1.165) is 7.11 Å². The monoisotopic (exact) mass is 438 g/mol.